The Kier molecular flexibility index (Phi) is 9.87. The number of thioether (sulfide) groups is 1. The van der Waals surface area contributed by atoms with Gasteiger partial charge in [0, 0.05) is 13.6 Å². The average molecular weight is 266 g/mol. The lowest BCUT2D eigenvalue weighted by molar-refractivity contribution is 0.414. The van der Waals surface area contributed by atoms with Gasteiger partial charge in [-0.05, 0) is 23.1 Å². The quantitative estimate of drug-likeness (QED) is 0.667. The van der Waals surface area contributed by atoms with Crippen LogP contribution in [0.4, 0.5) is 0 Å². The van der Waals surface area contributed by atoms with E-state index in [-0.39, 0.29) is 0 Å². The molecular weight excluding hydrogens is 244 g/mol. The highest BCUT2D eigenvalue weighted by molar-refractivity contribution is 8.16. The third-order valence-electron chi connectivity index (χ3n) is 2.00. The lowest BCUT2D eigenvalue weighted by Gasteiger charge is -2.07. The van der Waals surface area contributed by atoms with Crippen molar-refractivity contribution in [3.63, 3.8) is 0 Å². The lowest BCUT2D eigenvalue weighted by Crippen LogP contribution is -2.19. The average Bonchev–Trinajstić information content (AvgIpc) is 2.46. The Bertz CT molecular complexity index is 361. The summed E-state index contributed by atoms with van der Waals surface area (Å²) < 4.78 is 5.09. The van der Waals surface area contributed by atoms with Crippen molar-refractivity contribution in [2.45, 2.75) is 20.4 Å². The molecule has 1 rings (SSSR count). The number of aliphatic imine (C=N–C) groups is 1. The van der Waals surface area contributed by atoms with Crippen LogP contribution in [-0.4, -0.2) is 19.3 Å². The number of methoxy groups -OCH3 is 1. The molecule has 0 unspecified atom stereocenters. The smallest absolute Gasteiger partial charge is 0.160 e. The molecule has 0 bridgehead atoms. The number of hydrogen-bond acceptors (Lipinski definition) is 3. The zero-order valence-electron chi connectivity index (χ0n) is 11.6. The maximum Gasteiger partial charge on any atom is 0.160 e. The number of nitrogens with zero attached hydrogens (tertiary/aromatic N) is 1. The zero-order valence-corrected chi connectivity index (χ0v) is 12.4. The summed E-state index contributed by atoms with van der Waals surface area (Å²) in [5.74, 6) is 0.869. The van der Waals surface area contributed by atoms with Crippen molar-refractivity contribution in [3.05, 3.63) is 41.8 Å². The fraction of sp³-hybridized carbons (Fsp3) is 0.357. The fourth-order valence-corrected chi connectivity index (χ4v) is 1.59. The Hall–Kier alpha value is -1.42. The van der Waals surface area contributed by atoms with E-state index in [9.17, 15) is 0 Å². The van der Waals surface area contributed by atoms with Gasteiger partial charge in [0.15, 0.2) is 5.17 Å². The number of benzene rings is 1. The van der Waals surface area contributed by atoms with Gasteiger partial charge in [-0.1, -0.05) is 44.3 Å². The first-order chi connectivity index (χ1) is 8.80. The van der Waals surface area contributed by atoms with E-state index in [4.69, 9.17) is 4.74 Å². The van der Waals surface area contributed by atoms with Gasteiger partial charge in [0.1, 0.15) is 5.75 Å². The molecule has 4 heteroatoms. The first-order valence-corrected chi connectivity index (χ1v) is 6.79. The molecule has 3 nitrogen and oxygen atoms in total. The van der Waals surface area contributed by atoms with Gasteiger partial charge >= 0.3 is 0 Å². The van der Waals surface area contributed by atoms with Gasteiger partial charge in [0.05, 0.1) is 7.11 Å². The van der Waals surface area contributed by atoms with Crippen molar-refractivity contribution in [2.75, 3.05) is 14.2 Å². The standard InChI is InChI=1S/C12H16N2OS.C2H6/c1-4-16-12(13-2)14-9-10-5-7-11(15-3)8-6-10;1-2/h4-8H,1,9H2,2-3H3,(H,13,14);1-2H3. The van der Waals surface area contributed by atoms with Crippen LogP contribution in [0.2, 0.25) is 0 Å². The lowest BCUT2D eigenvalue weighted by atomic mass is 10.2. The largest absolute Gasteiger partial charge is 0.497 e. The molecule has 0 fully saturated rings. The number of rotatable bonds is 4. The fourth-order valence-electron chi connectivity index (χ4n) is 1.17. The van der Waals surface area contributed by atoms with Gasteiger partial charge in [-0.3, -0.25) is 4.99 Å². The van der Waals surface area contributed by atoms with Gasteiger partial charge in [-0.2, -0.15) is 0 Å². The van der Waals surface area contributed by atoms with Crippen molar-refractivity contribution in [2.24, 2.45) is 4.99 Å². The van der Waals surface area contributed by atoms with Crippen LogP contribution in [0.15, 0.2) is 41.2 Å². The van der Waals surface area contributed by atoms with E-state index in [0.717, 1.165) is 17.5 Å². The minimum Gasteiger partial charge on any atom is -0.497 e. The third-order valence-corrected chi connectivity index (χ3v) is 2.72. The summed E-state index contributed by atoms with van der Waals surface area (Å²) in [6.07, 6.45) is 0. The van der Waals surface area contributed by atoms with Crippen LogP contribution in [0.3, 0.4) is 0 Å². The summed E-state index contributed by atoms with van der Waals surface area (Å²) in [5.41, 5.74) is 1.19. The van der Waals surface area contributed by atoms with Crippen molar-refractivity contribution in [1.82, 2.24) is 5.32 Å². The Morgan fingerprint density at radius 2 is 2.00 bits per heavy atom. The van der Waals surface area contributed by atoms with Crippen LogP contribution < -0.4 is 10.1 Å². The van der Waals surface area contributed by atoms with Crippen LogP contribution in [0.5, 0.6) is 5.75 Å². The second kappa shape index (κ2) is 10.7. The topological polar surface area (TPSA) is 33.6 Å². The van der Waals surface area contributed by atoms with E-state index >= 15 is 0 Å². The highest BCUT2D eigenvalue weighted by Gasteiger charge is 1.97. The highest BCUT2D eigenvalue weighted by atomic mass is 32.2. The van der Waals surface area contributed by atoms with Crippen molar-refractivity contribution >= 4 is 16.9 Å². The van der Waals surface area contributed by atoms with E-state index in [1.807, 2.05) is 38.1 Å². The minimum absolute atomic E-state index is 0.748. The second-order valence-electron chi connectivity index (χ2n) is 3.01. The molecule has 1 aromatic carbocycles. The number of hydrogen-bond donors (Lipinski definition) is 1. The molecule has 0 amide bonds. The first kappa shape index (κ1) is 16.6. The monoisotopic (exact) mass is 266 g/mol. The SMILES string of the molecule is C=CSC(=NC)NCc1ccc(OC)cc1.CC. The van der Waals surface area contributed by atoms with Crippen LogP contribution in [0.25, 0.3) is 0 Å². The van der Waals surface area contributed by atoms with Gasteiger partial charge in [0.2, 0.25) is 0 Å². The predicted molar refractivity (Wildman–Crippen MR) is 82.3 cm³/mol. The van der Waals surface area contributed by atoms with Crippen LogP contribution in [0, 0.1) is 0 Å². The van der Waals surface area contributed by atoms with Crippen LogP contribution >= 0.6 is 11.8 Å². The highest BCUT2D eigenvalue weighted by Crippen LogP contribution is 2.11. The molecule has 0 atom stereocenters. The molecule has 0 radical (unpaired) electrons. The summed E-state index contributed by atoms with van der Waals surface area (Å²) in [4.78, 5) is 4.10. The van der Waals surface area contributed by atoms with Gasteiger partial charge in [0.25, 0.3) is 0 Å². The van der Waals surface area contributed by atoms with E-state index in [2.05, 4.69) is 16.9 Å². The minimum atomic E-state index is 0.748. The summed E-state index contributed by atoms with van der Waals surface area (Å²) >= 11 is 1.48. The third kappa shape index (κ3) is 6.35. The number of amidine groups is 1. The maximum atomic E-state index is 5.09. The van der Waals surface area contributed by atoms with Gasteiger partial charge in [-0.25, -0.2) is 0 Å². The molecule has 100 valence electrons. The van der Waals surface area contributed by atoms with E-state index < -0.39 is 0 Å². The molecule has 0 saturated carbocycles. The Morgan fingerprint density at radius 3 is 2.44 bits per heavy atom. The van der Waals surface area contributed by atoms with Crippen molar-refractivity contribution < 1.29 is 4.74 Å². The predicted octanol–water partition coefficient (Wildman–Crippen LogP) is 3.67. The molecule has 1 N–H and O–H groups in total. The van der Waals surface area contributed by atoms with Crippen molar-refractivity contribution in [1.29, 1.82) is 0 Å². The Balaban J connectivity index is 0.00000137. The molecule has 0 heterocycles. The molecule has 18 heavy (non-hydrogen) atoms. The maximum absolute atomic E-state index is 5.09. The van der Waals surface area contributed by atoms with Crippen LogP contribution in [-0.2, 0) is 6.54 Å². The molecule has 0 aromatic heterocycles. The number of nitrogens with one attached hydrogen (secondary N) is 1. The summed E-state index contributed by atoms with van der Waals surface area (Å²) in [6.45, 7) is 8.40. The molecule has 0 aliphatic rings. The molecule has 0 aliphatic heterocycles. The molecule has 0 aliphatic carbocycles. The van der Waals surface area contributed by atoms with E-state index in [0.29, 0.717) is 0 Å². The van der Waals surface area contributed by atoms with Crippen molar-refractivity contribution in [3.8, 4) is 5.75 Å². The molecule has 0 spiro atoms. The van der Waals surface area contributed by atoms with E-state index in [1.165, 1.54) is 17.3 Å². The van der Waals surface area contributed by atoms with Crippen LogP contribution in [0.1, 0.15) is 19.4 Å². The normalized spacial score (nSPS) is 10.1. The first-order valence-electron chi connectivity index (χ1n) is 5.91. The second-order valence-corrected chi connectivity index (χ2v) is 3.97. The molecular formula is C14H22N2OS. The Labute approximate surface area is 114 Å². The summed E-state index contributed by atoms with van der Waals surface area (Å²) in [5, 5.41) is 5.84. The zero-order chi connectivity index (χ0) is 13.8. The summed E-state index contributed by atoms with van der Waals surface area (Å²) in [6, 6.07) is 7.94. The molecule has 0 saturated heterocycles. The van der Waals surface area contributed by atoms with E-state index in [1.54, 1.807) is 19.6 Å². The van der Waals surface area contributed by atoms with Gasteiger partial charge in [-0.15, -0.1) is 0 Å². The Morgan fingerprint density at radius 1 is 1.39 bits per heavy atom. The molecule has 1 aromatic rings. The van der Waals surface area contributed by atoms with Gasteiger partial charge < -0.3 is 10.1 Å². The number of ether oxygens (including phenoxy) is 1. The summed E-state index contributed by atoms with van der Waals surface area (Å²) in [7, 11) is 3.42.